The summed E-state index contributed by atoms with van der Waals surface area (Å²) in [5.41, 5.74) is 4.42. The second kappa shape index (κ2) is 11.1. The number of piperidine rings is 1. The molecule has 0 saturated carbocycles. The first-order valence-electron chi connectivity index (χ1n) is 11.3. The number of carbonyl (C=O) groups excluding carboxylic acids is 1. The average Bonchev–Trinajstić information content (AvgIpc) is 3.05. The lowest BCUT2D eigenvalue weighted by Crippen LogP contribution is -2.47. The minimum atomic E-state index is -0.297. The van der Waals surface area contributed by atoms with Crippen molar-refractivity contribution < 1.29 is 9.53 Å². The maximum absolute atomic E-state index is 12.9. The Labute approximate surface area is 191 Å². The van der Waals surface area contributed by atoms with E-state index in [1.807, 2.05) is 26.0 Å². The van der Waals surface area contributed by atoms with Crippen molar-refractivity contribution in [3.63, 3.8) is 0 Å². The highest BCUT2D eigenvalue weighted by atomic mass is 16.5. The third-order valence-corrected chi connectivity index (χ3v) is 6.13. The number of benzene rings is 1. The predicted molar refractivity (Wildman–Crippen MR) is 127 cm³/mol. The molecular formula is C26H34N4O2. The largest absolute Gasteiger partial charge is 0.383 e. The van der Waals surface area contributed by atoms with Gasteiger partial charge in [0.2, 0.25) is 0 Å². The van der Waals surface area contributed by atoms with Gasteiger partial charge >= 0.3 is 0 Å². The maximum atomic E-state index is 12.9. The van der Waals surface area contributed by atoms with E-state index in [1.165, 1.54) is 5.56 Å². The number of nitrogens with one attached hydrogen (secondary N) is 1. The number of rotatable bonds is 8. The normalized spacial score (nSPS) is 18.2. The zero-order valence-electron chi connectivity index (χ0n) is 19.6. The van der Waals surface area contributed by atoms with Gasteiger partial charge in [0, 0.05) is 37.6 Å². The summed E-state index contributed by atoms with van der Waals surface area (Å²) in [5.74, 6) is -0.297. The van der Waals surface area contributed by atoms with Crippen LogP contribution in [0.2, 0.25) is 0 Å². The van der Waals surface area contributed by atoms with Crippen molar-refractivity contribution in [2.24, 2.45) is 0 Å². The summed E-state index contributed by atoms with van der Waals surface area (Å²) in [5, 5.41) is 12.8. The van der Waals surface area contributed by atoms with Crippen LogP contribution in [0.4, 0.5) is 0 Å². The summed E-state index contributed by atoms with van der Waals surface area (Å²) < 4.78 is 7.48. The SMILES string of the molecule is COCC(C)n1c(C)cc(/C=C(\C#N)C(=O)NC2CCCN(Cc3ccccc3)C2)c1C. The molecule has 2 heterocycles. The number of carbonyl (C=O) groups is 1. The van der Waals surface area contributed by atoms with E-state index in [-0.39, 0.29) is 23.6 Å². The maximum Gasteiger partial charge on any atom is 0.262 e. The summed E-state index contributed by atoms with van der Waals surface area (Å²) in [6.45, 7) is 9.44. The number of nitrogens with zero attached hydrogens (tertiary/aromatic N) is 3. The quantitative estimate of drug-likeness (QED) is 0.504. The van der Waals surface area contributed by atoms with E-state index in [2.05, 4.69) is 52.0 Å². The molecule has 1 aromatic heterocycles. The molecule has 6 heteroatoms. The molecule has 1 aliphatic rings. The molecule has 2 unspecified atom stereocenters. The highest BCUT2D eigenvalue weighted by Gasteiger charge is 2.23. The van der Waals surface area contributed by atoms with Crippen LogP contribution in [0.25, 0.3) is 6.08 Å². The lowest BCUT2D eigenvalue weighted by atomic mass is 10.0. The second-order valence-electron chi connectivity index (χ2n) is 8.70. The molecule has 1 fully saturated rings. The van der Waals surface area contributed by atoms with Gasteiger partial charge in [0.25, 0.3) is 5.91 Å². The molecule has 0 bridgehead atoms. The highest BCUT2D eigenvalue weighted by molar-refractivity contribution is 6.02. The molecule has 0 spiro atoms. The van der Waals surface area contributed by atoms with E-state index < -0.39 is 0 Å². The van der Waals surface area contributed by atoms with Crippen molar-refractivity contribution >= 4 is 12.0 Å². The predicted octanol–water partition coefficient (Wildman–Crippen LogP) is 4.00. The van der Waals surface area contributed by atoms with Crippen molar-refractivity contribution in [3.05, 3.63) is 64.5 Å². The van der Waals surface area contributed by atoms with Crippen LogP contribution in [0, 0.1) is 25.2 Å². The molecule has 170 valence electrons. The van der Waals surface area contributed by atoms with Gasteiger partial charge in [-0.1, -0.05) is 30.3 Å². The molecule has 0 radical (unpaired) electrons. The standard InChI is InChI=1S/C26H34N4O2/c1-19-13-23(21(3)30(19)20(2)18-32-4)14-24(15-27)26(31)28-25-11-8-12-29(17-25)16-22-9-6-5-7-10-22/h5-7,9-10,13-14,20,25H,8,11-12,16-18H2,1-4H3,(H,28,31)/b24-14+. The fraction of sp³-hybridized carbons (Fsp3) is 0.462. The van der Waals surface area contributed by atoms with Crippen molar-refractivity contribution in [2.45, 2.75) is 52.2 Å². The molecule has 6 nitrogen and oxygen atoms in total. The number of likely N-dealkylation sites (tertiary alicyclic amines) is 1. The van der Waals surface area contributed by atoms with Crippen LogP contribution in [0.1, 0.15) is 48.3 Å². The molecule has 1 aromatic carbocycles. The zero-order chi connectivity index (χ0) is 23.1. The Kier molecular flexibility index (Phi) is 8.26. The van der Waals surface area contributed by atoms with Crippen molar-refractivity contribution in [1.82, 2.24) is 14.8 Å². The minimum absolute atomic E-state index is 0.0471. The number of ether oxygens (including phenoxy) is 1. The lowest BCUT2D eigenvalue weighted by molar-refractivity contribution is -0.118. The molecular weight excluding hydrogens is 400 g/mol. The molecule has 1 aliphatic heterocycles. The Hall–Kier alpha value is -2.88. The van der Waals surface area contributed by atoms with Gasteiger partial charge in [-0.15, -0.1) is 0 Å². The first kappa shape index (κ1) is 23.8. The van der Waals surface area contributed by atoms with Crippen molar-refractivity contribution in [3.8, 4) is 6.07 Å². The Balaban J connectivity index is 1.68. The fourth-order valence-corrected chi connectivity index (χ4v) is 4.67. The molecule has 2 aromatic rings. The van der Waals surface area contributed by atoms with Crippen LogP contribution in [-0.4, -0.2) is 48.2 Å². The van der Waals surface area contributed by atoms with E-state index in [1.54, 1.807) is 13.2 Å². The van der Waals surface area contributed by atoms with Crippen LogP contribution < -0.4 is 5.32 Å². The number of hydrogen-bond donors (Lipinski definition) is 1. The van der Waals surface area contributed by atoms with Gasteiger partial charge < -0.3 is 14.6 Å². The average molecular weight is 435 g/mol. The van der Waals surface area contributed by atoms with Gasteiger partial charge in [0.05, 0.1) is 12.6 Å². The zero-order valence-corrected chi connectivity index (χ0v) is 19.6. The Bertz CT molecular complexity index is 987. The van der Waals surface area contributed by atoms with Gasteiger partial charge in [0.15, 0.2) is 0 Å². The van der Waals surface area contributed by atoms with Gasteiger partial charge in [-0.25, -0.2) is 0 Å². The third kappa shape index (κ3) is 5.87. The Morgan fingerprint density at radius 1 is 1.34 bits per heavy atom. The van der Waals surface area contributed by atoms with Crippen LogP contribution >= 0.6 is 0 Å². The summed E-state index contributed by atoms with van der Waals surface area (Å²) in [7, 11) is 1.69. The van der Waals surface area contributed by atoms with E-state index in [9.17, 15) is 10.1 Å². The number of aryl methyl sites for hydroxylation is 1. The smallest absolute Gasteiger partial charge is 0.262 e. The van der Waals surface area contributed by atoms with Gasteiger partial charge in [-0.2, -0.15) is 5.26 Å². The van der Waals surface area contributed by atoms with Crippen LogP contribution in [0.5, 0.6) is 0 Å². The molecule has 0 aliphatic carbocycles. The summed E-state index contributed by atoms with van der Waals surface area (Å²) in [6, 6.07) is 14.7. The van der Waals surface area contributed by atoms with Crippen LogP contribution in [-0.2, 0) is 16.1 Å². The summed E-state index contributed by atoms with van der Waals surface area (Å²) in [4.78, 5) is 15.3. The molecule has 1 N–H and O–H groups in total. The van der Waals surface area contributed by atoms with Crippen molar-refractivity contribution in [2.75, 3.05) is 26.8 Å². The second-order valence-corrected chi connectivity index (χ2v) is 8.70. The molecule has 3 rings (SSSR count). The number of nitriles is 1. The minimum Gasteiger partial charge on any atom is -0.383 e. The highest BCUT2D eigenvalue weighted by Crippen LogP contribution is 2.23. The first-order chi connectivity index (χ1) is 15.4. The van der Waals surface area contributed by atoms with Gasteiger partial charge in [0.1, 0.15) is 11.6 Å². The van der Waals surface area contributed by atoms with E-state index in [0.717, 1.165) is 49.4 Å². The van der Waals surface area contributed by atoms with Crippen LogP contribution in [0.15, 0.2) is 42.0 Å². The number of methoxy groups -OCH3 is 1. The summed E-state index contributed by atoms with van der Waals surface area (Å²) in [6.07, 6.45) is 3.67. The Morgan fingerprint density at radius 2 is 2.09 bits per heavy atom. The fourth-order valence-electron chi connectivity index (χ4n) is 4.67. The monoisotopic (exact) mass is 434 g/mol. The Morgan fingerprint density at radius 3 is 2.78 bits per heavy atom. The summed E-state index contributed by atoms with van der Waals surface area (Å²) >= 11 is 0. The van der Waals surface area contributed by atoms with Crippen LogP contribution in [0.3, 0.4) is 0 Å². The molecule has 1 amide bonds. The van der Waals surface area contributed by atoms with Crippen molar-refractivity contribution in [1.29, 1.82) is 5.26 Å². The van der Waals surface area contributed by atoms with E-state index >= 15 is 0 Å². The number of aromatic nitrogens is 1. The number of amides is 1. The third-order valence-electron chi connectivity index (χ3n) is 6.13. The molecule has 32 heavy (non-hydrogen) atoms. The van der Waals surface area contributed by atoms with E-state index in [0.29, 0.717) is 6.61 Å². The number of hydrogen-bond acceptors (Lipinski definition) is 4. The van der Waals surface area contributed by atoms with E-state index in [4.69, 9.17) is 4.74 Å². The molecule has 2 atom stereocenters. The first-order valence-corrected chi connectivity index (χ1v) is 11.3. The molecule has 1 saturated heterocycles. The van der Waals surface area contributed by atoms with Gasteiger partial charge in [-0.05, 0) is 63.4 Å². The van der Waals surface area contributed by atoms with Gasteiger partial charge in [-0.3, -0.25) is 9.69 Å². The lowest BCUT2D eigenvalue weighted by Gasteiger charge is -2.33. The topological polar surface area (TPSA) is 70.3 Å².